The molecular weight excluding hydrogens is 348 g/mol. The number of aromatic nitrogens is 1. The molecule has 0 aliphatic carbocycles. The van der Waals surface area contributed by atoms with Gasteiger partial charge in [0.25, 0.3) is 0 Å². The molecule has 3 rings (SSSR count). The summed E-state index contributed by atoms with van der Waals surface area (Å²) in [4.78, 5) is 10.9. The molecule has 1 aromatic heterocycles. The van der Waals surface area contributed by atoms with Crippen molar-refractivity contribution in [1.29, 1.82) is 0 Å². The van der Waals surface area contributed by atoms with Crippen molar-refractivity contribution >= 4 is 17.0 Å². The van der Waals surface area contributed by atoms with Gasteiger partial charge in [0, 0.05) is 69.6 Å². The van der Waals surface area contributed by atoms with Gasteiger partial charge in [-0.25, -0.2) is 0 Å². The Balaban J connectivity index is 2.06. The minimum Gasteiger partial charge on any atom is -0.378 e. The first-order chi connectivity index (χ1) is 13.5. The van der Waals surface area contributed by atoms with Gasteiger partial charge in [0.05, 0.1) is 5.70 Å². The van der Waals surface area contributed by atoms with Gasteiger partial charge in [-0.3, -0.25) is 10.8 Å². The summed E-state index contributed by atoms with van der Waals surface area (Å²) in [5.41, 5.74) is 9.00. The Hall–Kier alpha value is -2.83. The number of piperazine rings is 1. The molecule has 0 bridgehead atoms. The van der Waals surface area contributed by atoms with E-state index in [1.807, 2.05) is 26.2 Å². The number of hydrogen-bond donors (Lipinski definition) is 2. The van der Waals surface area contributed by atoms with Gasteiger partial charge in [0.1, 0.15) is 0 Å². The van der Waals surface area contributed by atoms with Crippen LogP contribution in [0.1, 0.15) is 11.1 Å². The molecule has 6 heteroatoms. The Morgan fingerprint density at radius 3 is 2.14 bits per heavy atom. The zero-order valence-corrected chi connectivity index (χ0v) is 17.0. The highest BCUT2D eigenvalue weighted by Crippen LogP contribution is 2.32. The number of nitrogens with two attached hydrogens (primary N) is 1. The van der Waals surface area contributed by atoms with E-state index in [1.165, 1.54) is 0 Å². The summed E-state index contributed by atoms with van der Waals surface area (Å²) in [5.74, 6) is 6.03. The van der Waals surface area contributed by atoms with E-state index in [4.69, 9.17) is 5.84 Å². The average molecular weight is 379 g/mol. The van der Waals surface area contributed by atoms with Crippen molar-refractivity contribution in [1.82, 2.24) is 20.2 Å². The standard InChI is InChI=1S/C22H30N6/c1-17(28-15-13-27(4)14-16-28)21(18-9-11-24-12-10-18)22(25-23)19-5-7-20(8-6-19)26(2)3/h5-12,25H,1,13-16,23H2,2-4H3/b22-21+. The molecule has 2 heterocycles. The van der Waals surface area contributed by atoms with Crippen LogP contribution in [0, 0.1) is 0 Å². The van der Waals surface area contributed by atoms with Crippen LogP contribution in [0.5, 0.6) is 0 Å². The zero-order chi connectivity index (χ0) is 20.1. The number of benzene rings is 1. The Labute approximate surface area is 167 Å². The van der Waals surface area contributed by atoms with E-state index in [1.54, 1.807) is 12.4 Å². The van der Waals surface area contributed by atoms with Crippen LogP contribution >= 0.6 is 0 Å². The predicted octanol–water partition coefficient (Wildman–Crippen LogP) is 2.24. The molecule has 0 atom stereocenters. The fraction of sp³-hybridized carbons (Fsp3) is 0.318. The minimum absolute atomic E-state index is 0.862. The normalized spacial score (nSPS) is 15.8. The number of hydrogen-bond acceptors (Lipinski definition) is 6. The number of allylic oxidation sites excluding steroid dienone is 1. The van der Waals surface area contributed by atoms with Crippen LogP contribution in [0.4, 0.5) is 5.69 Å². The second kappa shape index (κ2) is 8.91. The molecule has 3 N–H and O–H groups in total. The second-order valence-electron chi connectivity index (χ2n) is 7.31. The maximum Gasteiger partial charge on any atom is 0.0656 e. The topological polar surface area (TPSA) is 60.7 Å². The third-order valence-corrected chi connectivity index (χ3v) is 5.21. The molecule has 28 heavy (non-hydrogen) atoms. The first kappa shape index (κ1) is 19.9. The summed E-state index contributed by atoms with van der Waals surface area (Å²) >= 11 is 0. The van der Waals surface area contributed by atoms with E-state index in [9.17, 15) is 0 Å². The number of hydrazine groups is 1. The summed E-state index contributed by atoms with van der Waals surface area (Å²) < 4.78 is 0. The molecule has 1 saturated heterocycles. The van der Waals surface area contributed by atoms with Crippen LogP contribution in [0.25, 0.3) is 11.3 Å². The van der Waals surface area contributed by atoms with Gasteiger partial charge in [-0.05, 0) is 42.4 Å². The lowest BCUT2D eigenvalue weighted by Gasteiger charge is -2.36. The van der Waals surface area contributed by atoms with Crippen molar-refractivity contribution < 1.29 is 0 Å². The maximum atomic E-state index is 6.03. The molecule has 0 unspecified atom stereocenters. The van der Waals surface area contributed by atoms with E-state index in [2.05, 4.69) is 63.0 Å². The highest BCUT2D eigenvalue weighted by molar-refractivity contribution is 5.96. The van der Waals surface area contributed by atoms with Gasteiger partial charge < -0.3 is 20.1 Å². The van der Waals surface area contributed by atoms with Gasteiger partial charge in [0.2, 0.25) is 0 Å². The number of anilines is 1. The monoisotopic (exact) mass is 378 g/mol. The highest BCUT2D eigenvalue weighted by atomic mass is 15.3. The molecule has 1 aromatic carbocycles. The SMILES string of the molecule is C=C(/C(=C(\NN)c1ccc(N(C)C)cc1)c1ccncc1)N1CCN(C)CC1. The van der Waals surface area contributed by atoms with Gasteiger partial charge in [-0.2, -0.15) is 0 Å². The van der Waals surface area contributed by atoms with Crippen molar-refractivity contribution in [3.8, 4) is 0 Å². The molecule has 0 spiro atoms. The lowest BCUT2D eigenvalue weighted by Crippen LogP contribution is -2.44. The van der Waals surface area contributed by atoms with E-state index in [0.717, 1.165) is 60.0 Å². The van der Waals surface area contributed by atoms with Crippen LogP contribution in [0.2, 0.25) is 0 Å². The molecule has 1 aliphatic rings. The first-order valence-corrected chi connectivity index (χ1v) is 9.53. The number of rotatable bonds is 6. The molecule has 0 saturated carbocycles. The molecule has 1 fully saturated rings. The van der Waals surface area contributed by atoms with Gasteiger partial charge >= 0.3 is 0 Å². The lowest BCUT2D eigenvalue weighted by molar-refractivity contribution is 0.192. The Kier molecular flexibility index (Phi) is 6.34. The lowest BCUT2D eigenvalue weighted by atomic mass is 9.97. The number of nitrogens with zero attached hydrogens (tertiary/aromatic N) is 4. The van der Waals surface area contributed by atoms with E-state index < -0.39 is 0 Å². The summed E-state index contributed by atoms with van der Waals surface area (Å²) in [7, 11) is 6.22. The van der Waals surface area contributed by atoms with E-state index in [-0.39, 0.29) is 0 Å². The van der Waals surface area contributed by atoms with Crippen molar-refractivity contribution in [2.45, 2.75) is 0 Å². The van der Waals surface area contributed by atoms with Crippen LogP contribution < -0.4 is 16.2 Å². The quantitative estimate of drug-likeness (QED) is 0.457. The highest BCUT2D eigenvalue weighted by Gasteiger charge is 2.22. The Morgan fingerprint density at radius 2 is 1.61 bits per heavy atom. The van der Waals surface area contributed by atoms with Crippen LogP contribution in [-0.2, 0) is 0 Å². The number of nitrogens with one attached hydrogen (secondary N) is 1. The van der Waals surface area contributed by atoms with E-state index in [0.29, 0.717) is 0 Å². The Bertz CT molecular complexity index is 818. The molecule has 1 aliphatic heterocycles. The summed E-state index contributed by atoms with van der Waals surface area (Å²) in [6.07, 6.45) is 3.60. The van der Waals surface area contributed by atoms with Gasteiger partial charge in [-0.1, -0.05) is 18.7 Å². The van der Waals surface area contributed by atoms with Crippen molar-refractivity contribution in [2.24, 2.45) is 5.84 Å². The molecule has 0 radical (unpaired) electrons. The first-order valence-electron chi connectivity index (χ1n) is 9.53. The van der Waals surface area contributed by atoms with Crippen LogP contribution in [0.3, 0.4) is 0 Å². The van der Waals surface area contributed by atoms with Crippen LogP contribution in [0.15, 0.2) is 61.1 Å². The maximum absolute atomic E-state index is 6.03. The van der Waals surface area contributed by atoms with Gasteiger partial charge in [-0.15, -0.1) is 0 Å². The van der Waals surface area contributed by atoms with E-state index >= 15 is 0 Å². The molecule has 6 nitrogen and oxygen atoms in total. The Morgan fingerprint density at radius 1 is 1.00 bits per heavy atom. The molecule has 0 amide bonds. The largest absolute Gasteiger partial charge is 0.378 e. The minimum atomic E-state index is 0.862. The summed E-state index contributed by atoms with van der Waals surface area (Å²) in [6, 6.07) is 12.4. The average Bonchev–Trinajstić information content (AvgIpc) is 2.72. The van der Waals surface area contributed by atoms with Crippen molar-refractivity contribution in [3.63, 3.8) is 0 Å². The van der Waals surface area contributed by atoms with Crippen LogP contribution in [-0.4, -0.2) is 62.1 Å². The number of likely N-dealkylation sites (N-methyl/N-ethyl adjacent to an activating group) is 1. The summed E-state index contributed by atoms with van der Waals surface area (Å²) in [6.45, 7) is 8.38. The predicted molar refractivity (Wildman–Crippen MR) is 117 cm³/mol. The molecule has 148 valence electrons. The smallest absolute Gasteiger partial charge is 0.0656 e. The third kappa shape index (κ3) is 4.35. The number of pyridine rings is 1. The fourth-order valence-electron chi connectivity index (χ4n) is 3.43. The van der Waals surface area contributed by atoms with Crippen molar-refractivity contribution in [3.05, 3.63) is 72.2 Å². The second-order valence-corrected chi connectivity index (χ2v) is 7.31. The van der Waals surface area contributed by atoms with Crippen molar-refractivity contribution in [2.75, 3.05) is 52.2 Å². The fourth-order valence-corrected chi connectivity index (χ4v) is 3.43. The third-order valence-electron chi connectivity index (χ3n) is 5.21. The van der Waals surface area contributed by atoms with Gasteiger partial charge in [0.15, 0.2) is 0 Å². The molecular formula is C22H30N6. The summed E-state index contributed by atoms with van der Waals surface area (Å²) in [5, 5.41) is 0. The zero-order valence-electron chi connectivity index (χ0n) is 17.0. The molecule has 2 aromatic rings.